The van der Waals surface area contributed by atoms with Crippen molar-refractivity contribution in [3.05, 3.63) is 40.4 Å². The highest BCUT2D eigenvalue weighted by Gasteiger charge is 2.23. The summed E-state index contributed by atoms with van der Waals surface area (Å²) >= 11 is 0.977. The van der Waals surface area contributed by atoms with Gasteiger partial charge >= 0.3 is 5.97 Å². The first-order chi connectivity index (χ1) is 11.4. The molecule has 2 rings (SSSR count). The van der Waals surface area contributed by atoms with Gasteiger partial charge in [0.1, 0.15) is 0 Å². The normalized spacial score (nSPS) is 12.0. The minimum atomic E-state index is -0.908. The molecule has 1 N–H and O–H groups in total. The molecule has 0 fully saturated rings. The van der Waals surface area contributed by atoms with E-state index in [1.165, 1.54) is 12.5 Å². The van der Waals surface area contributed by atoms with Crippen molar-refractivity contribution in [2.24, 2.45) is 0 Å². The summed E-state index contributed by atoms with van der Waals surface area (Å²) in [6.07, 6.45) is -0.321. The zero-order valence-electron chi connectivity index (χ0n) is 14.2. The molecular formula is C17H21N3O3S. The Bertz CT molecular complexity index is 710. The van der Waals surface area contributed by atoms with Crippen LogP contribution in [0, 0.1) is 0 Å². The number of carbonyl (C=O) groups is 2. The predicted octanol–water partition coefficient (Wildman–Crippen LogP) is 3.41. The quantitative estimate of drug-likeness (QED) is 0.810. The molecule has 7 heteroatoms. The third-order valence-electron chi connectivity index (χ3n) is 3.57. The lowest BCUT2D eigenvalue weighted by molar-refractivity contribution is -0.123. The fraction of sp³-hybridized carbons (Fsp3) is 0.412. The van der Waals surface area contributed by atoms with Gasteiger partial charge in [-0.15, -0.1) is 5.10 Å². The Balaban J connectivity index is 1.95. The topological polar surface area (TPSA) is 81.2 Å². The molecule has 1 aromatic carbocycles. The summed E-state index contributed by atoms with van der Waals surface area (Å²) in [7, 11) is 0. The van der Waals surface area contributed by atoms with Gasteiger partial charge in [0.15, 0.2) is 11.0 Å². The van der Waals surface area contributed by atoms with Crippen LogP contribution in [0.3, 0.4) is 0 Å². The maximum atomic E-state index is 12.2. The molecule has 0 aliphatic rings. The lowest BCUT2D eigenvalue weighted by Crippen LogP contribution is -2.30. The molecule has 0 bridgehead atoms. The van der Waals surface area contributed by atoms with Gasteiger partial charge < -0.3 is 10.1 Å². The summed E-state index contributed by atoms with van der Waals surface area (Å²) < 4.78 is 8.96. The van der Waals surface area contributed by atoms with Crippen molar-refractivity contribution in [1.82, 2.24) is 9.59 Å². The number of benzene rings is 1. The molecule has 1 atom stereocenters. The number of nitrogens with zero attached hydrogens (tertiary/aromatic N) is 2. The monoisotopic (exact) mass is 347 g/mol. The molecule has 0 aliphatic carbocycles. The van der Waals surface area contributed by atoms with Gasteiger partial charge in [0.25, 0.3) is 5.91 Å². The van der Waals surface area contributed by atoms with E-state index in [0.717, 1.165) is 11.5 Å². The zero-order valence-corrected chi connectivity index (χ0v) is 15.0. The van der Waals surface area contributed by atoms with E-state index >= 15 is 0 Å². The molecule has 1 amide bonds. The SMILES string of the molecule is CCc1nnsc1C(=O)O[C@H](C)C(=O)Nc1ccc(C(C)C)cc1. The lowest BCUT2D eigenvalue weighted by Gasteiger charge is -2.13. The molecule has 128 valence electrons. The highest BCUT2D eigenvalue weighted by molar-refractivity contribution is 7.07. The van der Waals surface area contributed by atoms with Crippen LogP contribution < -0.4 is 5.32 Å². The first kappa shape index (κ1) is 18.1. The number of nitrogens with one attached hydrogen (secondary N) is 1. The number of carbonyl (C=O) groups excluding carboxylic acids is 2. The minimum absolute atomic E-state index is 0.346. The number of ether oxygens (including phenoxy) is 1. The first-order valence-electron chi connectivity index (χ1n) is 7.85. The van der Waals surface area contributed by atoms with Crippen LogP contribution >= 0.6 is 11.5 Å². The van der Waals surface area contributed by atoms with Crippen molar-refractivity contribution in [2.75, 3.05) is 5.32 Å². The Kier molecular flexibility index (Phi) is 6.03. The highest BCUT2D eigenvalue weighted by Crippen LogP contribution is 2.18. The molecule has 0 saturated carbocycles. The Morgan fingerprint density at radius 3 is 2.46 bits per heavy atom. The number of hydrogen-bond donors (Lipinski definition) is 1. The fourth-order valence-corrected chi connectivity index (χ4v) is 2.69. The van der Waals surface area contributed by atoms with E-state index in [9.17, 15) is 9.59 Å². The molecule has 0 radical (unpaired) electrons. The fourth-order valence-electron chi connectivity index (χ4n) is 2.06. The number of rotatable bonds is 6. The van der Waals surface area contributed by atoms with E-state index in [2.05, 4.69) is 28.8 Å². The summed E-state index contributed by atoms with van der Waals surface area (Å²) in [5.41, 5.74) is 2.44. The number of anilines is 1. The highest BCUT2D eigenvalue weighted by atomic mass is 32.1. The Morgan fingerprint density at radius 2 is 1.88 bits per heavy atom. The molecule has 2 aromatic rings. The maximum absolute atomic E-state index is 12.2. The van der Waals surface area contributed by atoms with Crippen molar-refractivity contribution >= 4 is 29.1 Å². The van der Waals surface area contributed by atoms with Gasteiger partial charge in [-0.2, -0.15) is 0 Å². The van der Waals surface area contributed by atoms with Crippen LogP contribution in [-0.4, -0.2) is 27.6 Å². The van der Waals surface area contributed by atoms with E-state index < -0.39 is 12.1 Å². The number of amides is 1. The molecular weight excluding hydrogens is 326 g/mol. The number of esters is 1. The van der Waals surface area contributed by atoms with E-state index in [4.69, 9.17) is 4.74 Å². The summed E-state index contributed by atoms with van der Waals surface area (Å²) in [5, 5.41) is 6.61. The van der Waals surface area contributed by atoms with Crippen molar-refractivity contribution < 1.29 is 14.3 Å². The van der Waals surface area contributed by atoms with Crippen LogP contribution in [0.1, 0.15) is 54.5 Å². The predicted molar refractivity (Wildman–Crippen MR) is 93.3 cm³/mol. The summed E-state index contributed by atoms with van der Waals surface area (Å²) in [5.74, 6) is -0.522. The zero-order chi connectivity index (χ0) is 17.7. The van der Waals surface area contributed by atoms with Crippen LogP contribution in [0.4, 0.5) is 5.69 Å². The van der Waals surface area contributed by atoms with Gasteiger partial charge in [0.05, 0.1) is 5.69 Å². The number of aromatic nitrogens is 2. The summed E-state index contributed by atoms with van der Waals surface area (Å²) in [6, 6.07) is 7.61. The van der Waals surface area contributed by atoms with Crippen LogP contribution in [0.15, 0.2) is 24.3 Å². The lowest BCUT2D eigenvalue weighted by atomic mass is 10.0. The van der Waals surface area contributed by atoms with Gasteiger partial charge in [-0.1, -0.05) is 37.4 Å². The van der Waals surface area contributed by atoms with Gasteiger partial charge in [-0.3, -0.25) is 4.79 Å². The second-order valence-corrected chi connectivity index (χ2v) is 6.47. The number of aryl methyl sites for hydroxylation is 1. The van der Waals surface area contributed by atoms with Crippen molar-refractivity contribution in [3.8, 4) is 0 Å². The molecule has 6 nitrogen and oxygen atoms in total. The minimum Gasteiger partial charge on any atom is -0.448 e. The van der Waals surface area contributed by atoms with Crippen molar-refractivity contribution in [3.63, 3.8) is 0 Å². The number of hydrogen-bond acceptors (Lipinski definition) is 6. The summed E-state index contributed by atoms with van der Waals surface area (Å²) in [4.78, 5) is 24.6. The standard InChI is InChI=1S/C17H21N3O3S/c1-5-14-15(24-20-19-14)17(22)23-11(4)16(21)18-13-8-6-12(7-9-13)10(2)3/h6-11H,5H2,1-4H3,(H,18,21)/t11-/m1/s1. The van der Waals surface area contributed by atoms with E-state index in [1.807, 2.05) is 31.2 Å². The van der Waals surface area contributed by atoms with Crippen molar-refractivity contribution in [1.29, 1.82) is 0 Å². The van der Waals surface area contributed by atoms with E-state index in [0.29, 0.717) is 28.6 Å². The largest absolute Gasteiger partial charge is 0.448 e. The Hall–Kier alpha value is -2.28. The molecule has 1 heterocycles. The Labute approximate surface area is 145 Å². The third kappa shape index (κ3) is 4.38. The average Bonchev–Trinajstić information content (AvgIpc) is 3.04. The van der Waals surface area contributed by atoms with Crippen LogP contribution in [0.25, 0.3) is 0 Å². The molecule has 0 spiro atoms. The maximum Gasteiger partial charge on any atom is 0.352 e. The van der Waals surface area contributed by atoms with Gasteiger partial charge in [-0.05, 0) is 48.5 Å². The van der Waals surface area contributed by atoms with Gasteiger partial charge in [-0.25, -0.2) is 4.79 Å². The Morgan fingerprint density at radius 1 is 1.21 bits per heavy atom. The van der Waals surface area contributed by atoms with Crippen molar-refractivity contribution in [2.45, 2.75) is 46.1 Å². The molecule has 24 heavy (non-hydrogen) atoms. The second kappa shape index (κ2) is 8.01. The second-order valence-electron chi connectivity index (χ2n) is 5.72. The molecule has 0 saturated heterocycles. The van der Waals surface area contributed by atoms with Crippen LogP contribution in [0.5, 0.6) is 0 Å². The molecule has 0 unspecified atom stereocenters. The smallest absolute Gasteiger partial charge is 0.352 e. The van der Waals surface area contributed by atoms with E-state index in [1.54, 1.807) is 0 Å². The summed E-state index contributed by atoms with van der Waals surface area (Å²) in [6.45, 7) is 7.63. The van der Waals surface area contributed by atoms with Gasteiger partial charge in [0, 0.05) is 5.69 Å². The van der Waals surface area contributed by atoms with Crippen LogP contribution in [-0.2, 0) is 16.0 Å². The van der Waals surface area contributed by atoms with Crippen LogP contribution in [0.2, 0.25) is 0 Å². The first-order valence-corrected chi connectivity index (χ1v) is 8.62. The van der Waals surface area contributed by atoms with Gasteiger partial charge in [0.2, 0.25) is 0 Å². The molecule has 1 aromatic heterocycles. The molecule has 0 aliphatic heterocycles. The average molecular weight is 347 g/mol. The van der Waals surface area contributed by atoms with E-state index in [-0.39, 0.29) is 5.91 Å². The third-order valence-corrected chi connectivity index (χ3v) is 4.32.